The minimum absolute atomic E-state index is 0.0823. The van der Waals surface area contributed by atoms with E-state index in [9.17, 15) is 4.79 Å². The highest BCUT2D eigenvalue weighted by molar-refractivity contribution is 8.00. The van der Waals surface area contributed by atoms with E-state index in [1.165, 1.54) is 11.8 Å². The van der Waals surface area contributed by atoms with Crippen molar-refractivity contribution >= 4 is 29.1 Å². The van der Waals surface area contributed by atoms with Crippen LogP contribution in [0.5, 0.6) is 0 Å². The second-order valence-electron chi connectivity index (χ2n) is 6.14. The third kappa shape index (κ3) is 4.26. The lowest BCUT2D eigenvalue weighted by Crippen LogP contribution is -2.37. The SMILES string of the molecule is Cc1cc(C)n2nc(SC(C)C(=O)N(CCC#N)c3ccccc3)nc2n1. The average molecular weight is 380 g/mol. The minimum atomic E-state index is -0.400. The molecule has 1 aromatic carbocycles. The molecule has 1 atom stereocenters. The minimum Gasteiger partial charge on any atom is -0.310 e. The number of thioether (sulfide) groups is 1. The Kier molecular flexibility index (Phi) is 5.72. The molecule has 0 spiro atoms. The third-order valence-corrected chi connectivity index (χ3v) is 4.95. The van der Waals surface area contributed by atoms with Gasteiger partial charge < -0.3 is 4.90 Å². The zero-order valence-corrected chi connectivity index (χ0v) is 16.3. The number of carbonyl (C=O) groups excluding carboxylic acids is 1. The lowest BCUT2D eigenvalue weighted by atomic mass is 10.2. The van der Waals surface area contributed by atoms with E-state index in [-0.39, 0.29) is 12.3 Å². The number of hydrogen-bond donors (Lipinski definition) is 0. The van der Waals surface area contributed by atoms with Gasteiger partial charge in [0.2, 0.25) is 11.1 Å². The molecule has 8 heteroatoms. The quantitative estimate of drug-likeness (QED) is 0.611. The summed E-state index contributed by atoms with van der Waals surface area (Å²) >= 11 is 1.29. The fraction of sp³-hybridized carbons (Fsp3) is 0.316. The molecule has 0 aliphatic rings. The van der Waals surface area contributed by atoms with Crippen LogP contribution in [0.15, 0.2) is 41.6 Å². The van der Waals surface area contributed by atoms with Crippen LogP contribution in [-0.2, 0) is 4.79 Å². The first-order valence-corrected chi connectivity index (χ1v) is 9.48. The van der Waals surface area contributed by atoms with Gasteiger partial charge in [0.1, 0.15) is 0 Å². The smallest absolute Gasteiger partial charge is 0.253 e. The van der Waals surface area contributed by atoms with Crippen molar-refractivity contribution in [3.63, 3.8) is 0 Å². The van der Waals surface area contributed by atoms with Crippen LogP contribution in [0.2, 0.25) is 0 Å². The summed E-state index contributed by atoms with van der Waals surface area (Å²) in [5, 5.41) is 13.5. The van der Waals surface area contributed by atoms with Crippen LogP contribution in [-0.4, -0.2) is 37.3 Å². The van der Waals surface area contributed by atoms with E-state index >= 15 is 0 Å². The number of nitriles is 1. The number of rotatable bonds is 6. The Labute approximate surface area is 162 Å². The maximum atomic E-state index is 13.0. The molecular weight excluding hydrogens is 360 g/mol. The molecule has 0 aliphatic carbocycles. The molecule has 2 aromatic heterocycles. The van der Waals surface area contributed by atoms with Gasteiger partial charge in [0.25, 0.3) is 5.78 Å². The van der Waals surface area contributed by atoms with Gasteiger partial charge in [-0.2, -0.15) is 10.2 Å². The topological polar surface area (TPSA) is 87.2 Å². The Morgan fingerprint density at radius 1 is 1.30 bits per heavy atom. The fourth-order valence-corrected chi connectivity index (χ4v) is 3.57. The van der Waals surface area contributed by atoms with Gasteiger partial charge >= 0.3 is 0 Å². The van der Waals surface area contributed by atoms with Crippen LogP contribution in [0, 0.1) is 25.2 Å². The Hall–Kier alpha value is -2.92. The molecule has 27 heavy (non-hydrogen) atoms. The van der Waals surface area contributed by atoms with Crippen LogP contribution in [0.4, 0.5) is 5.69 Å². The van der Waals surface area contributed by atoms with E-state index in [0.717, 1.165) is 17.1 Å². The monoisotopic (exact) mass is 380 g/mol. The second-order valence-corrected chi connectivity index (χ2v) is 7.45. The predicted molar refractivity (Wildman–Crippen MR) is 105 cm³/mol. The van der Waals surface area contributed by atoms with Gasteiger partial charge in [0, 0.05) is 23.6 Å². The van der Waals surface area contributed by atoms with Crippen LogP contribution >= 0.6 is 11.8 Å². The summed E-state index contributed by atoms with van der Waals surface area (Å²) in [6.45, 7) is 6.03. The molecule has 0 radical (unpaired) electrons. The van der Waals surface area contributed by atoms with E-state index in [2.05, 4.69) is 21.1 Å². The lowest BCUT2D eigenvalue weighted by Gasteiger charge is -2.24. The van der Waals surface area contributed by atoms with Gasteiger partial charge in [-0.05, 0) is 39.0 Å². The van der Waals surface area contributed by atoms with Gasteiger partial charge in [-0.3, -0.25) is 4.79 Å². The van der Waals surface area contributed by atoms with Crippen molar-refractivity contribution in [3.05, 3.63) is 47.8 Å². The maximum Gasteiger partial charge on any atom is 0.253 e. The molecule has 3 rings (SSSR count). The third-order valence-electron chi connectivity index (χ3n) is 4.01. The molecule has 7 nitrogen and oxygen atoms in total. The number of nitrogens with zero attached hydrogens (tertiary/aromatic N) is 6. The first-order chi connectivity index (χ1) is 13.0. The zero-order chi connectivity index (χ0) is 19.4. The summed E-state index contributed by atoms with van der Waals surface area (Å²) in [7, 11) is 0. The van der Waals surface area contributed by atoms with Gasteiger partial charge in [0.05, 0.1) is 17.7 Å². The summed E-state index contributed by atoms with van der Waals surface area (Å²) in [6.07, 6.45) is 0.271. The zero-order valence-electron chi connectivity index (χ0n) is 15.5. The number of amides is 1. The maximum absolute atomic E-state index is 13.0. The summed E-state index contributed by atoms with van der Waals surface area (Å²) in [4.78, 5) is 23.5. The van der Waals surface area contributed by atoms with E-state index in [1.54, 1.807) is 9.42 Å². The molecule has 138 valence electrons. The molecule has 1 unspecified atom stereocenters. The van der Waals surface area contributed by atoms with Crippen LogP contribution in [0.1, 0.15) is 24.7 Å². The lowest BCUT2D eigenvalue weighted by molar-refractivity contribution is -0.117. The Bertz CT molecular complexity index is 995. The number of benzene rings is 1. The Morgan fingerprint density at radius 3 is 2.74 bits per heavy atom. The van der Waals surface area contributed by atoms with E-state index in [1.807, 2.05) is 57.2 Å². The molecule has 0 bridgehead atoms. The number of aryl methyl sites for hydroxylation is 2. The number of carbonyl (C=O) groups is 1. The first kappa shape index (κ1) is 18.9. The van der Waals surface area contributed by atoms with Gasteiger partial charge in [0.15, 0.2) is 0 Å². The van der Waals surface area contributed by atoms with E-state index < -0.39 is 5.25 Å². The van der Waals surface area contributed by atoms with Gasteiger partial charge in [-0.15, -0.1) is 5.10 Å². The summed E-state index contributed by atoms with van der Waals surface area (Å²) in [5.41, 5.74) is 2.59. The number of anilines is 1. The normalized spacial score (nSPS) is 11.9. The molecule has 2 heterocycles. The van der Waals surface area contributed by atoms with Crippen molar-refractivity contribution in [2.45, 2.75) is 37.6 Å². The number of aromatic nitrogens is 4. The van der Waals surface area contributed by atoms with E-state index in [4.69, 9.17) is 5.26 Å². The standard InChI is InChI=1S/C19H20N6OS/c1-13-12-14(2)25-18(21-13)22-19(23-25)27-15(3)17(26)24(11-7-10-20)16-8-5-4-6-9-16/h4-6,8-9,12,15H,7,11H2,1-3H3. The molecular formula is C19H20N6OS. The molecule has 0 saturated carbocycles. The highest BCUT2D eigenvalue weighted by atomic mass is 32.2. The molecule has 1 amide bonds. The van der Waals surface area contributed by atoms with Crippen LogP contribution < -0.4 is 4.90 Å². The molecule has 0 fully saturated rings. The first-order valence-electron chi connectivity index (χ1n) is 8.60. The van der Waals surface area contributed by atoms with Crippen molar-refractivity contribution < 1.29 is 4.79 Å². The second kappa shape index (κ2) is 8.18. The summed E-state index contributed by atoms with van der Waals surface area (Å²) in [5.74, 6) is 0.445. The largest absolute Gasteiger partial charge is 0.310 e. The Morgan fingerprint density at radius 2 is 2.04 bits per heavy atom. The van der Waals surface area contributed by atoms with Crippen LogP contribution in [0.25, 0.3) is 5.78 Å². The Balaban J connectivity index is 1.81. The van der Waals surface area contributed by atoms with Crippen molar-refractivity contribution in [1.82, 2.24) is 19.6 Å². The molecule has 0 aliphatic heterocycles. The molecule has 0 saturated heterocycles. The number of hydrogen-bond acceptors (Lipinski definition) is 6. The number of para-hydroxylation sites is 1. The van der Waals surface area contributed by atoms with Crippen molar-refractivity contribution in [1.29, 1.82) is 5.26 Å². The number of fused-ring (bicyclic) bond motifs is 1. The van der Waals surface area contributed by atoms with Crippen LogP contribution in [0.3, 0.4) is 0 Å². The highest BCUT2D eigenvalue weighted by Crippen LogP contribution is 2.25. The predicted octanol–water partition coefficient (Wildman–Crippen LogP) is 3.17. The molecule has 3 aromatic rings. The van der Waals surface area contributed by atoms with Crippen molar-refractivity contribution in [2.24, 2.45) is 0 Å². The van der Waals surface area contributed by atoms with Crippen molar-refractivity contribution in [3.8, 4) is 6.07 Å². The van der Waals surface area contributed by atoms with E-state index in [0.29, 0.717) is 17.5 Å². The summed E-state index contributed by atoms with van der Waals surface area (Å²) in [6, 6.07) is 13.4. The fourth-order valence-electron chi connectivity index (χ4n) is 2.76. The summed E-state index contributed by atoms with van der Waals surface area (Å²) < 4.78 is 1.68. The molecule has 0 N–H and O–H groups in total. The highest BCUT2D eigenvalue weighted by Gasteiger charge is 2.24. The van der Waals surface area contributed by atoms with Gasteiger partial charge in [-0.25, -0.2) is 9.50 Å². The average Bonchev–Trinajstić information content (AvgIpc) is 3.05. The van der Waals surface area contributed by atoms with Crippen molar-refractivity contribution in [2.75, 3.05) is 11.4 Å². The van der Waals surface area contributed by atoms with Gasteiger partial charge in [-0.1, -0.05) is 30.0 Å².